The molecule has 0 atom stereocenters. The van der Waals surface area contributed by atoms with Crippen molar-refractivity contribution in [1.82, 2.24) is 0 Å². The second-order valence-electron chi connectivity index (χ2n) is 4.19. The molecule has 2 rings (SSSR count). The largest absolute Gasteiger partial charge is 0.378 e. The summed E-state index contributed by atoms with van der Waals surface area (Å²) >= 11 is 6.02. The Kier molecular flexibility index (Phi) is 4.00. The number of halogens is 4. The monoisotopic (exact) mass is 285 g/mol. The van der Waals surface area contributed by atoms with Crippen molar-refractivity contribution >= 4 is 17.3 Å². The maximum absolute atomic E-state index is 13.4. The van der Waals surface area contributed by atoms with Crippen LogP contribution in [0.4, 0.5) is 18.9 Å². The molecule has 1 N–H and O–H groups in total. The van der Waals surface area contributed by atoms with Crippen LogP contribution in [-0.4, -0.2) is 0 Å². The highest BCUT2D eigenvalue weighted by atomic mass is 35.5. The molecule has 19 heavy (non-hydrogen) atoms. The minimum absolute atomic E-state index is 0.101. The highest BCUT2D eigenvalue weighted by Gasteiger charge is 2.10. The maximum atomic E-state index is 13.4. The number of aryl methyl sites for hydroxylation is 1. The molecule has 0 aromatic heterocycles. The Hall–Kier alpha value is -1.68. The highest BCUT2D eigenvalue weighted by molar-refractivity contribution is 6.31. The summed E-state index contributed by atoms with van der Waals surface area (Å²) in [5.41, 5.74) is 1.65. The molecule has 0 unspecified atom stereocenters. The Labute approximate surface area is 114 Å². The Morgan fingerprint density at radius 1 is 1.00 bits per heavy atom. The molecule has 0 aliphatic rings. The van der Waals surface area contributed by atoms with Gasteiger partial charge in [-0.1, -0.05) is 23.7 Å². The van der Waals surface area contributed by atoms with Crippen molar-refractivity contribution in [1.29, 1.82) is 0 Å². The molecule has 0 aliphatic carbocycles. The summed E-state index contributed by atoms with van der Waals surface area (Å²) in [4.78, 5) is 0. The van der Waals surface area contributed by atoms with E-state index in [1.807, 2.05) is 13.0 Å². The van der Waals surface area contributed by atoms with Gasteiger partial charge in [0.1, 0.15) is 5.82 Å². The second kappa shape index (κ2) is 5.53. The Bertz CT molecular complexity index is 614. The topological polar surface area (TPSA) is 12.0 Å². The molecular formula is C14H11ClF3N. The van der Waals surface area contributed by atoms with Crippen molar-refractivity contribution in [2.45, 2.75) is 13.5 Å². The van der Waals surface area contributed by atoms with E-state index in [1.165, 1.54) is 0 Å². The molecule has 0 spiro atoms. The van der Waals surface area contributed by atoms with Crippen LogP contribution in [0.3, 0.4) is 0 Å². The van der Waals surface area contributed by atoms with Crippen LogP contribution in [0.5, 0.6) is 0 Å². The molecule has 1 nitrogen and oxygen atoms in total. The zero-order chi connectivity index (χ0) is 14.0. The van der Waals surface area contributed by atoms with E-state index in [9.17, 15) is 13.2 Å². The van der Waals surface area contributed by atoms with Gasteiger partial charge in [0.25, 0.3) is 0 Å². The van der Waals surface area contributed by atoms with Crippen LogP contribution in [-0.2, 0) is 6.54 Å². The zero-order valence-electron chi connectivity index (χ0n) is 10.1. The van der Waals surface area contributed by atoms with E-state index in [-0.39, 0.29) is 12.2 Å². The lowest BCUT2D eigenvalue weighted by Gasteiger charge is -2.10. The normalized spacial score (nSPS) is 10.6. The molecule has 0 radical (unpaired) electrons. The molecule has 2 aromatic rings. The zero-order valence-corrected chi connectivity index (χ0v) is 10.9. The predicted octanol–water partition coefficient (Wildman–Crippen LogP) is 4.68. The van der Waals surface area contributed by atoms with E-state index in [0.29, 0.717) is 11.1 Å². The summed E-state index contributed by atoms with van der Waals surface area (Å²) in [5, 5.41) is 3.23. The van der Waals surface area contributed by atoms with Crippen molar-refractivity contribution in [3.63, 3.8) is 0 Å². The van der Waals surface area contributed by atoms with Crippen molar-refractivity contribution < 1.29 is 13.2 Å². The first-order chi connectivity index (χ1) is 8.97. The number of hydrogen-bond acceptors (Lipinski definition) is 1. The molecule has 0 bridgehead atoms. The molecule has 0 amide bonds. The molecule has 0 saturated carbocycles. The highest BCUT2D eigenvalue weighted by Crippen LogP contribution is 2.22. The van der Waals surface area contributed by atoms with E-state index >= 15 is 0 Å². The Morgan fingerprint density at radius 3 is 2.37 bits per heavy atom. The third kappa shape index (κ3) is 3.20. The first kappa shape index (κ1) is 13.7. The van der Waals surface area contributed by atoms with Crippen LogP contribution in [0.15, 0.2) is 30.3 Å². The SMILES string of the molecule is Cc1ccc(CNc2cc(F)c(F)cc2F)c(Cl)c1. The quantitative estimate of drug-likeness (QED) is 0.808. The lowest BCUT2D eigenvalue weighted by molar-refractivity contribution is 0.496. The first-order valence-corrected chi connectivity index (χ1v) is 5.98. The molecule has 0 heterocycles. The number of benzene rings is 2. The number of nitrogens with one attached hydrogen (secondary N) is 1. The van der Waals surface area contributed by atoms with Gasteiger partial charge >= 0.3 is 0 Å². The van der Waals surface area contributed by atoms with Crippen molar-refractivity contribution in [2.75, 3.05) is 5.32 Å². The maximum Gasteiger partial charge on any atom is 0.161 e. The molecule has 5 heteroatoms. The smallest absolute Gasteiger partial charge is 0.161 e. The van der Waals surface area contributed by atoms with Gasteiger partial charge in [-0.05, 0) is 24.1 Å². The lowest BCUT2D eigenvalue weighted by atomic mass is 10.1. The average Bonchev–Trinajstić information content (AvgIpc) is 2.34. The van der Waals surface area contributed by atoms with Gasteiger partial charge in [-0.25, -0.2) is 13.2 Å². The third-order valence-corrected chi connectivity index (χ3v) is 3.04. The number of hydrogen-bond donors (Lipinski definition) is 1. The van der Waals surface area contributed by atoms with Crippen molar-refractivity contribution in [2.24, 2.45) is 0 Å². The molecular weight excluding hydrogens is 275 g/mol. The predicted molar refractivity (Wildman–Crippen MR) is 69.8 cm³/mol. The fourth-order valence-corrected chi connectivity index (χ4v) is 1.95. The van der Waals surface area contributed by atoms with Gasteiger partial charge in [-0.2, -0.15) is 0 Å². The summed E-state index contributed by atoms with van der Waals surface area (Å²) in [6.45, 7) is 2.12. The van der Waals surface area contributed by atoms with E-state index in [2.05, 4.69) is 5.32 Å². The van der Waals surface area contributed by atoms with Crippen molar-refractivity contribution in [3.05, 3.63) is 63.9 Å². The van der Waals surface area contributed by atoms with E-state index in [4.69, 9.17) is 11.6 Å². The Balaban J connectivity index is 2.16. The summed E-state index contributed by atoms with van der Waals surface area (Å²) in [5.74, 6) is -3.16. The standard InChI is InChI=1S/C14H11ClF3N/c1-8-2-3-9(10(15)4-8)7-19-14-6-12(17)11(16)5-13(14)18/h2-6,19H,7H2,1H3. The number of anilines is 1. The summed E-state index contributed by atoms with van der Waals surface area (Å²) < 4.78 is 39.2. The van der Waals surface area contributed by atoms with Crippen LogP contribution < -0.4 is 5.32 Å². The van der Waals surface area contributed by atoms with Crippen LogP contribution in [0, 0.1) is 24.4 Å². The van der Waals surface area contributed by atoms with Crippen LogP contribution in [0.25, 0.3) is 0 Å². The molecule has 0 aliphatic heterocycles. The van der Waals surface area contributed by atoms with Crippen LogP contribution in [0.1, 0.15) is 11.1 Å². The van der Waals surface area contributed by atoms with Gasteiger partial charge in [-0.3, -0.25) is 0 Å². The van der Waals surface area contributed by atoms with Crippen LogP contribution >= 0.6 is 11.6 Å². The first-order valence-electron chi connectivity index (χ1n) is 5.61. The fourth-order valence-electron chi connectivity index (χ4n) is 1.64. The van der Waals surface area contributed by atoms with Gasteiger partial charge in [0, 0.05) is 23.7 Å². The Morgan fingerprint density at radius 2 is 1.68 bits per heavy atom. The summed E-state index contributed by atoms with van der Waals surface area (Å²) in [6, 6.07) is 6.73. The molecule has 100 valence electrons. The second-order valence-corrected chi connectivity index (χ2v) is 4.60. The number of rotatable bonds is 3. The van der Waals surface area contributed by atoms with Gasteiger partial charge in [-0.15, -0.1) is 0 Å². The molecule has 0 saturated heterocycles. The van der Waals surface area contributed by atoms with Crippen molar-refractivity contribution in [3.8, 4) is 0 Å². The van der Waals surface area contributed by atoms with E-state index in [1.54, 1.807) is 12.1 Å². The molecule has 2 aromatic carbocycles. The minimum atomic E-state index is -1.21. The fraction of sp³-hybridized carbons (Fsp3) is 0.143. The third-order valence-electron chi connectivity index (χ3n) is 2.69. The minimum Gasteiger partial charge on any atom is -0.378 e. The van der Waals surface area contributed by atoms with E-state index < -0.39 is 17.5 Å². The van der Waals surface area contributed by atoms with Gasteiger partial charge < -0.3 is 5.32 Å². The van der Waals surface area contributed by atoms with Gasteiger partial charge in [0.05, 0.1) is 5.69 Å². The van der Waals surface area contributed by atoms with E-state index in [0.717, 1.165) is 17.2 Å². The lowest BCUT2D eigenvalue weighted by Crippen LogP contribution is -2.03. The van der Waals surface area contributed by atoms with Gasteiger partial charge in [0.2, 0.25) is 0 Å². The average molecular weight is 286 g/mol. The summed E-state index contributed by atoms with van der Waals surface area (Å²) in [7, 11) is 0. The molecule has 0 fully saturated rings. The van der Waals surface area contributed by atoms with Crippen LogP contribution in [0.2, 0.25) is 5.02 Å². The van der Waals surface area contributed by atoms with Gasteiger partial charge in [0.15, 0.2) is 11.6 Å². The summed E-state index contributed by atoms with van der Waals surface area (Å²) in [6.07, 6.45) is 0.